The summed E-state index contributed by atoms with van der Waals surface area (Å²) in [6, 6.07) is 0. The summed E-state index contributed by atoms with van der Waals surface area (Å²) in [7, 11) is 1.73. The van der Waals surface area contributed by atoms with Crippen LogP contribution in [0.2, 0.25) is 0 Å². The van der Waals surface area contributed by atoms with Crippen LogP contribution in [0, 0.1) is 0 Å². The molecule has 4 heteroatoms. The first-order valence-electron chi connectivity index (χ1n) is 8.31. The third-order valence-electron chi connectivity index (χ3n) is 4.61. The molecule has 0 bridgehead atoms. The summed E-state index contributed by atoms with van der Waals surface area (Å²) in [4.78, 5) is 2.56. The quantitative estimate of drug-likeness (QED) is 0.495. The maximum atomic E-state index is 6.16. The Balaban J connectivity index is 2.37. The first-order chi connectivity index (χ1) is 9.79. The Kier molecular flexibility index (Phi) is 9.44. The van der Waals surface area contributed by atoms with E-state index >= 15 is 0 Å². The maximum Gasteiger partial charge on any atom is 0.0593 e. The molecule has 0 aromatic heterocycles. The van der Waals surface area contributed by atoms with E-state index in [1.54, 1.807) is 7.11 Å². The van der Waals surface area contributed by atoms with Crippen LogP contribution in [0.15, 0.2) is 0 Å². The molecule has 0 spiro atoms. The molecule has 1 rings (SSSR count). The number of nitrogens with zero attached hydrogens (tertiary/aromatic N) is 1. The fourth-order valence-electron chi connectivity index (χ4n) is 3.35. The molecule has 0 unspecified atom stereocenters. The Hall–Kier alpha value is -0.160. The number of likely N-dealkylation sites (N-methyl/N-ethyl adjacent to an activating group) is 1. The van der Waals surface area contributed by atoms with E-state index in [0.29, 0.717) is 0 Å². The van der Waals surface area contributed by atoms with E-state index in [1.165, 1.54) is 38.5 Å². The molecule has 0 radical (unpaired) electrons. The number of hydrogen-bond acceptors (Lipinski definition) is 4. The monoisotopic (exact) mass is 286 g/mol. The highest BCUT2D eigenvalue weighted by Gasteiger charge is 2.34. The maximum absolute atomic E-state index is 6.16. The summed E-state index contributed by atoms with van der Waals surface area (Å²) < 4.78 is 10.7. The van der Waals surface area contributed by atoms with Crippen molar-refractivity contribution >= 4 is 0 Å². The van der Waals surface area contributed by atoms with Crippen molar-refractivity contribution in [2.24, 2.45) is 5.73 Å². The van der Waals surface area contributed by atoms with Gasteiger partial charge in [-0.2, -0.15) is 0 Å². The average molecular weight is 286 g/mol. The fraction of sp³-hybridized carbons (Fsp3) is 1.00. The molecule has 1 aliphatic carbocycles. The van der Waals surface area contributed by atoms with E-state index in [1.807, 2.05) is 0 Å². The van der Waals surface area contributed by atoms with Crippen molar-refractivity contribution in [2.75, 3.05) is 46.6 Å². The number of rotatable bonds is 10. The molecule has 0 aliphatic heterocycles. The van der Waals surface area contributed by atoms with Gasteiger partial charge in [-0.3, -0.25) is 4.90 Å². The van der Waals surface area contributed by atoms with Gasteiger partial charge < -0.3 is 15.2 Å². The molecule has 0 aromatic rings. The zero-order chi connectivity index (χ0) is 14.7. The van der Waals surface area contributed by atoms with Gasteiger partial charge in [0.2, 0.25) is 0 Å². The lowest BCUT2D eigenvalue weighted by atomic mass is 9.88. The molecule has 0 saturated heterocycles. The van der Waals surface area contributed by atoms with Crippen molar-refractivity contribution in [3.05, 3.63) is 0 Å². The van der Waals surface area contributed by atoms with Gasteiger partial charge in [0.25, 0.3) is 0 Å². The standard InChI is InChI=1S/C16H34N2O2/c1-3-18(11-14-20-13-8-12-19-2)16(15-17)9-6-4-5-7-10-16/h3-15,17H2,1-2H3. The molecule has 0 aromatic carbocycles. The molecular weight excluding hydrogens is 252 g/mol. The van der Waals surface area contributed by atoms with Crippen molar-refractivity contribution in [3.63, 3.8) is 0 Å². The number of ether oxygens (including phenoxy) is 2. The smallest absolute Gasteiger partial charge is 0.0593 e. The summed E-state index contributed by atoms with van der Waals surface area (Å²) in [6.07, 6.45) is 8.86. The van der Waals surface area contributed by atoms with Crippen LogP contribution in [0.3, 0.4) is 0 Å². The molecule has 20 heavy (non-hydrogen) atoms. The Labute approximate surface area is 125 Å². The Bertz CT molecular complexity index is 229. The summed E-state index contributed by atoms with van der Waals surface area (Å²) in [5.41, 5.74) is 6.38. The second kappa shape index (κ2) is 10.6. The second-order valence-corrected chi connectivity index (χ2v) is 5.88. The van der Waals surface area contributed by atoms with E-state index in [0.717, 1.165) is 45.9 Å². The molecule has 120 valence electrons. The highest BCUT2D eigenvalue weighted by molar-refractivity contribution is 4.92. The van der Waals surface area contributed by atoms with Crippen LogP contribution in [0.25, 0.3) is 0 Å². The Morgan fingerprint density at radius 3 is 2.30 bits per heavy atom. The number of methoxy groups -OCH3 is 1. The van der Waals surface area contributed by atoms with E-state index in [2.05, 4.69) is 11.8 Å². The van der Waals surface area contributed by atoms with Crippen LogP contribution in [-0.4, -0.2) is 57.0 Å². The van der Waals surface area contributed by atoms with Crippen LogP contribution < -0.4 is 5.73 Å². The topological polar surface area (TPSA) is 47.7 Å². The van der Waals surface area contributed by atoms with Crippen molar-refractivity contribution < 1.29 is 9.47 Å². The molecule has 1 fully saturated rings. The minimum absolute atomic E-state index is 0.223. The third kappa shape index (κ3) is 5.68. The minimum Gasteiger partial charge on any atom is -0.385 e. The van der Waals surface area contributed by atoms with Crippen molar-refractivity contribution in [3.8, 4) is 0 Å². The summed E-state index contributed by atoms with van der Waals surface area (Å²) in [6.45, 7) is 7.47. The van der Waals surface area contributed by atoms with E-state index in [4.69, 9.17) is 15.2 Å². The van der Waals surface area contributed by atoms with Crippen LogP contribution >= 0.6 is 0 Å². The number of hydrogen-bond donors (Lipinski definition) is 1. The van der Waals surface area contributed by atoms with Gasteiger partial charge in [0.05, 0.1) is 6.61 Å². The van der Waals surface area contributed by atoms with Gasteiger partial charge in [0.15, 0.2) is 0 Å². The van der Waals surface area contributed by atoms with Gasteiger partial charge in [0, 0.05) is 39.0 Å². The lowest BCUT2D eigenvalue weighted by molar-refractivity contribution is 0.0343. The van der Waals surface area contributed by atoms with E-state index in [9.17, 15) is 0 Å². The lowest BCUT2D eigenvalue weighted by Gasteiger charge is -2.43. The van der Waals surface area contributed by atoms with Gasteiger partial charge in [-0.1, -0.05) is 32.6 Å². The highest BCUT2D eigenvalue weighted by Crippen LogP contribution is 2.31. The first kappa shape index (κ1) is 17.9. The van der Waals surface area contributed by atoms with Crippen molar-refractivity contribution in [2.45, 2.75) is 57.4 Å². The lowest BCUT2D eigenvalue weighted by Crippen LogP contribution is -2.54. The summed E-state index contributed by atoms with van der Waals surface area (Å²) in [5.74, 6) is 0. The predicted octanol–water partition coefficient (Wildman–Crippen LogP) is 2.41. The molecule has 0 amide bonds. The fourth-order valence-corrected chi connectivity index (χ4v) is 3.35. The largest absolute Gasteiger partial charge is 0.385 e. The molecule has 2 N–H and O–H groups in total. The molecule has 1 aliphatic rings. The van der Waals surface area contributed by atoms with Gasteiger partial charge in [-0.05, 0) is 25.8 Å². The van der Waals surface area contributed by atoms with E-state index in [-0.39, 0.29) is 5.54 Å². The molecular formula is C16H34N2O2. The minimum atomic E-state index is 0.223. The predicted molar refractivity (Wildman–Crippen MR) is 84.0 cm³/mol. The zero-order valence-electron chi connectivity index (χ0n) is 13.5. The molecule has 4 nitrogen and oxygen atoms in total. The second-order valence-electron chi connectivity index (χ2n) is 5.88. The highest BCUT2D eigenvalue weighted by atomic mass is 16.5. The van der Waals surface area contributed by atoms with Crippen LogP contribution in [-0.2, 0) is 9.47 Å². The van der Waals surface area contributed by atoms with Crippen LogP contribution in [0.1, 0.15) is 51.9 Å². The molecule has 1 saturated carbocycles. The summed E-state index contributed by atoms with van der Waals surface area (Å²) >= 11 is 0. The summed E-state index contributed by atoms with van der Waals surface area (Å²) in [5, 5.41) is 0. The number of nitrogens with two attached hydrogens (primary N) is 1. The molecule has 0 atom stereocenters. The third-order valence-corrected chi connectivity index (χ3v) is 4.61. The van der Waals surface area contributed by atoms with Crippen molar-refractivity contribution in [1.82, 2.24) is 4.90 Å². The van der Waals surface area contributed by atoms with E-state index < -0.39 is 0 Å². The average Bonchev–Trinajstić information content (AvgIpc) is 2.73. The van der Waals surface area contributed by atoms with Crippen LogP contribution in [0.4, 0.5) is 0 Å². The van der Waals surface area contributed by atoms with Gasteiger partial charge in [-0.15, -0.1) is 0 Å². The van der Waals surface area contributed by atoms with Gasteiger partial charge in [0.1, 0.15) is 0 Å². The zero-order valence-corrected chi connectivity index (χ0v) is 13.5. The van der Waals surface area contributed by atoms with Crippen molar-refractivity contribution in [1.29, 1.82) is 0 Å². The van der Waals surface area contributed by atoms with Gasteiger partial charge in [-0.25, -0.2) is 0 Å². The normalized spacial score (nSPS) is 19.2. The Morgan fingerprint density at radius 1 is 1.05 bits per heavy atom. The first-order valence-corrected chi connectivity index (χ1v) is 8.31. The molecule has 0 heterocycles. The van der Waals surface area contributed by atoms with Crippen LogP contribution in [0.5, 0.6) is 0 Å². The Morgan fingerprint density at radius 2 is 1.75 bits per heavy atom. The SMILES string of the molecule is CCN(CCOCCCOC)C1(CN)CCCCCC1. The van der Waals surface area contributed by atoms with Gasteiger partial charge >= 0.3 is 0 Å².